The minimum atomic E-state index is -0.470. The highest BCUT2D eigenvalue weighted by molar-refractivity contribution is 5.94. The molecule has 0 aliphatic carbocycles. The molecule has 1 aliphatic heterocycles. The van der Waals surface area contributed by atoms with Gasteiger partial charge >= 0.3 is 12.0 Å². The SMILES string of the molecule is COC(=O)c1cccc(NC(=O)N2CCc3ccccc3[C@H]2c2ccc(F)cc2)c1. The standard InChI is InChI=1S/C24H21FN2O3/c1-30-23(28)18-6-4-7-20(15-18)26-24(29)27-14-13-16-5-2-3-8-21(16)22(27)17-9-11-19(25)12-10-17/h2-12,15,22H,13-14H2,1H3,(H,26,29)/t22-/m1/s1. The fraction of sp³-hybridized carbons (Fsp3) is 0.167. The van der Waals surface area contributed by atoms with E-state index in [9.17, 15) is 14.0 Å². The highest BCUT2D eigenvalue weighted by Gasteiger charge is 2.32. The zero-order chi connectivity index (χ0) is 21.1. The van der Waals surface area contributed by atoms with Crippen molar-refractivity contribution in [3.05, 3.63) is 101 Å². The van der Waals surface area contributed by atoms with Crippen molar-refractivity contribution in [3.63, 3.8) is 0 Å². The third-order valence-electron chi connectivity index (χ3n) is 5.26. The van der Waals surface area contributed by atoms with Crippen LogP contribution in [0, 0.1) is 5.82 Å². The van der Waals surface area contributed by atoms with Crippen molar-refractivity contribution in [3.8, 4) is 0 Å². The summed E-state index contributed by atoms with van der Waals surface area (Å²) in [4.78, 5) is 26.7. The van der Waals surface area contributed by atoms with Gasteiger partial charge in [0.2, 0.25) is 0 Å². The van der Waals surface area contributed by atoms with Crippen molar-refractivity contribution in [2.75, 3.05) is 19.0 Å². The maximum atomic E-state index is 13.5. The molecule has 0 fully saturated rings. The minimum absolute atomic E-state index is 0.291. The van der Waals surface area contributed by atoms with Crippen molar-refractivity contribution in [2.45, 2.75) is 12.5 Å². The van der Waals surface area contributed by atoms with Crippen LogP contribution < -0.4 is 5.32 Å². The summed E-state index contributed by atoms with van der Waals surface area (Å²) in [5.41, 5.74) is 3.88. The van der Waals surface area contributed by atoms with E-state index in [4.69, 9.17) is 4.74 Å². The number of carbonyl (C=O) groups is 2. The summed E-state index contributed by atoms with van der Waals surface area (Å²) >= 11 is 0. The van der Waals surface area contributed by atoms with Gasteiger partial charge in [0, 0.05) is 12.2 Å². The molecule has 1 heterocycles. The number of carbonyl (C=O) groups excluding carboxylic acids is 2. The first-order valence-electron chi connectivity index (χ1n) is 9.66. The fourth-order valence-electron chi connectivity index (χ4n) is 3.83. The van der Waals surface area contributed by atoms with Gasteiger partial charge in [-0.25, -0.2) is 14.0 Å². The summed E-state index contributed by atoms with van der Waals surface area (Å²) in [6, 6.07) is 20.2. The van der Waals surface area contributed by atoms with E-state index in [0.717, 1.165) is 17.5 Å². The Hall–Kier alpha value is -3.67. The molecular weight excluding hydrogens is 383 g/mol. The maximum Gasteiger partial charge on any atom is 0.337 e. The van der Waals surface area contributed by atoms with Crippen molar-refractivity contribution >= 4 is 17.7 Å². The van der Waals surface area contributed by atoms with Gasteiger partial charge in [-0.3, -0.25) is 0 Å². The number of hydrogen-bond acceptors (Lipinski definition) is 3. The van der Waals surface area contributed by atoms with E-state index in [1.807, 2.05) is 18.2 Å². The van der Waals surface area contributed by atoms with E-state index >= 15 is 0 Å². The molecule has 30 heavy (non-hydrogen) atoms. The summed E-state index contributed by atoms with van der Waals surface area (Å²) in [5.74, 6) is -0.791. The number of rotatable bonds is 3. The molecule has 0 radical (unpaired) electrons. The van der Waals surface area contributed by atoms with Crippen molar-refractivity contribution in [1.29, 1.82) is 0 Å². The molecule has 0 aromatic heterocycles. The number of ether oxygens (including phenoxy) is 1. The van der Waals surface area contributed by atoms with Gasteiger partial charge in [0.1, 0.15) is 5.82 Å². The third kappa shape index (κ3) is 3.89. The Morgan fingerprint density at radius 1 is 1.03 bits per heavy atom. The Labute approximate surface area is 174 Å². The molecule has 0 saturated heterocycles. The lowest BCUT2D eigenvalue weighted by Crippen LogP contribution is -2.43. The van der Waals surface area contributed by atoms with E-state index in [1.165, 1.54) is 24.8 Å². The monoisotopic (exact) mass is 404 g/mol. The molecular formula is C24H21FN2O3. The predicted octanol–water partition coefficient (Wildman–Crippen LogP) is 4.79. The number of methoxy groups -OCH3 is 1. The highest BCUT2D eigenvalue weighted by atomic mass is 19.1. The molecule has 1 N–H and O–H groups in total. The smallest absolute Gasteiger partial charge is 0.337 e. The zero-order valence-corrected chi connectivity index (χ0v) is 16.5. The number of nitrogens with one attached hydrogen (secondary N) is 1. The van der Waals surface area contributed by atoms with Gasteiger partial charge < -0.3 is 15.0 Å². The molecule has 4 rings (SSSR count). The molecule has 152 valence electrons. The summed E-state index contributed by atoms with van der Waals surface area (Å²) in [7, 11) is 1.31. The Morgan fingerprint density at radius 3 is 2.57 bits per heavy atom. The third-order valence-corrected chi connectivity index (χ3v) is 5.26. The van der Waals surface area contributed by atoms with Crippen molar-refractivity contribution in [2.24, 2.45) is 0 Å². The van der Waals surface area contributed by atoms with Crippen LogP contribution in [-0.4, -0.2) is 30.6 Å². The number of hydrogen-bond donors (Lipinski definition) is 1. The van der Waals surface area contributed by atoms with Crippen LogP contribution in [0.2, 0.25) is 0 Å². The average Bonchev–Trinajstić information content (AvgIpc) is 2.78. The minimum Gasteiger partial charge on any atom is -0.465 e. The number of urea groups is 1. The zero-order valence-electron chi connectivity index (χ0n) is 16.5. The first kappa shape index (κ1) is 19.6. The van der Waals surface area contributed by atoms with Gasteiger partial charge in [-0.05, 0) is 53.4 Å². The van der Waals surface area contributed by atoms with Crippen LogP contribution in [0.5, 0.6) is 0 Å². The van der Waals surface area contributed by atoms with Gasteiger partial charge in [0.05, 0.1) is 18.7 Å². The highest BCUT2D eigenvalue weighted by Crippen LogP contribution is 2.35. The molecule has 0 bridgehead atoms. The molecule has 5 nitrogen and oxygen atoms in total. The quantitative estimate of drug-likeness (QED) is 0.639. The second kappa shape index (κ2) is 8.37. The number of benzene rings is 3. The Bertz CT molecular complexity index is 1080. The second-order valence-corrected chi connectivity index (χ2v) is 7.10. The maximum absolute atomic E-state index is 13.5. The Balaban J connectivity index is 1.65. The molecule has 6 heteroatoms. The molecule has 0 saturated carbocycles. The Morgan fingerprint density at radius 2 is 1.80 bits per heavy atom. The lowest BCUT2D eigenvalue weighted by atomic mass is 9.88. The van der Waals surface area contributed by atoms with Crippen LogP contribution in [0.25, 0.3) is 0 Å². The number of anilines is 1. The fourth-order valence-corrected chi connectivity index (χ4v) is 3.83. The van der Waals surface area contributed by atoms with Crippen LogP contribution >= 0.6 is 0 Å². The lowest BCUT2D eigenvalue weighted by molar-refractivity contribution is 0.0600. The topological polar surface area (TPSA) is 58.6 Å². The van der Waals surface area contributed by atoms with Crippen molar-refractivity contribution in [1.82, 2.24) is 4.90 Å². The van der Waals surface area contributed by atoms with E-state index < -0.39 is 5.97 Å². The summed E-state index contributed by atoms with van der Waals surface area (Å²) in [6.45, 7) is 0.515. The van der Waals surface area contributed by atoms with Gasteiger partial charge in [-0.1, -0.05) is 42.5 Å². The van der Waals surface area contributed by atoms with E-state index in [0.29, 0.717) is 17.8 Å². The van der Waals surface area contributed by atoms with Crippen LogP contribution in [0.1, 0.15) is 33.1 Å². The van der Waals surface area contributed by atoms with Gasteiger partial charge in [-0.2, -0.15) is 0 Å². The first-order valence-corrected chi connectivity index (χ1v) is 9.66. The molecule has 1 aliphatic rings. The predicted molar refractivity (Wildman–Crippen MR) is 112 cm³/mol. The first-order chi connectivity index (χ1) is 14.6. The molecule has 3 aromatic carbocycles. The van der Waals surface area contributed by atoms with E-state index in [2.05, 4.69) is 11.4 Å². The van der Waals surface area contributed by atoms with Crippen molar-refractivity contribution < 1.29 is 18.7 Å². The summed E-state index contributed by atoms with van der Waals surface area (Å²) < 4.78 is 18.2. The molecule has 0 spiro atoms. The summed E-state index contributed by atoms with van der Waals surface area (Å²) in [5, 5.41) is 2.88. The summed E-state index contributed by atoms with van der Waals surface area (Å²) in [6.07, 6.45) is 0.726. The lowest BCUT2D eigenvalue weighted by Gasteiger charge is -2.37. The van der Waals surface area contributed by atoms with Crippen LogP contribution in [-0.2, 0) is 11.2 Å². The number of halogens is 1. The second-order valence-electron chi connectivity index (χ2n) is 7.10. The van der Waals surface area contributed by atoms with Crippen LogP contribution in [0.15, 0.2) is 72.8 Å². The number of amides is 2. The van der Waals surface area contributed by atoms with Gasteiger partial charge in [0.15, 0.2) is 0 Å². The number of fused-ring (bicyclic) bond motifs is 1. The Kier molecular flexibility index (Phi) is 5.48. The molecule has 2 amide bonds. The van der Waals surface area contributed by atoms with Gasteiger partial charge in [0.25, 0.3) is 0 Å². The molecule has 1 atom stereocenters. The normalized spacial score (nSPS) is 15.3. The number of nitrogens with zero attached hydrogens (tertiary/aromatic N) is 1. The largest absolute Gasteiger partial charge is 0.465 e. The van der Waals surface area contributed by atoms with Crippen LogP contribution in [0.3, 0.4) is 0 Å². The number of esters is 1. The molecule has 0 unspecified atom stereocenters. The molecule has 3 aromatic rings. The van der Waals surface area contributed by atoms with Gasteiger partial charge in [-0.15, -0.1) is 0 Å². The van der Waals surface area contributed by atoms with Crippen LogP contribution in [0.4, 0.5) is 14.9 Å². The van der Waals surface area contributed by atoms with E-state index in [-0.39, 0.29) is 17.9 Å². The average molecular weight is 404 g/mol. The van der Waals surface area contributed by atoms with E-state index in [1.54, 1.807) is 41.3 Å².